The molecule has 2 N–H and O–H groups in total. The van der Waals surface area contributed by atoms with Crippen LogP contribution in [-0.2, 0) is 9.59 Å². The van der Waals surface area contributed by atoms with Crippen molar-refractivity contribution in [3.63, 3.8) is 0 Å². The van der Waals surface area contributed by atoms with E-state index in [1.165, 1.54) is 11.8 Å². The molecule has 0 spiro atoms. The molecular formula is C18H24Cl2O5S. The number of hydrogen-bond acceptors (Lipinski definition) is 4. The number of benzene rings is 1. The Bertz CT molecular complexity index is 634. The normalized spacial score (nSPS) is 11.3. The van der Waals surface area contributed by atoms with Gasteiger partial charge in [0.05, 0.1) is 16.5 Å². The van der Waals surface area contributed by atoms with Crippen molar-refractivity contribution in [2.75, 3.05) is 11.5 Å². The third-order valence-electron chi connectivity index (χ3n) is 3.49. The number of thioether (sulfide) groups is 1. The van der Waals surface area contributed by atoms with Gasteiger partial charge in [0.2, 0.25) is 0 Å². The van der Waals surface area contributed by atoms with Crippen LogP contribution in [0, 0.1) is 12.8 Å². The molecule has 0 amide bonds. The van der Waals surface area contributed by atoms with Gasteiger partial charge in [0.15, 0.2) is 5.78 Å². The molecule has 8 heteroatoms. The van der Waals surface area contributed by atoms with E-state index in [2.05, 4.69) is 0 Å². The number of Topliss-reactive ketones (excluding diaryl/α,β-unsaturated/α-hetero) is 1. The summed E-state index contributed by atoms with van der Waals surface area (Å²) in [6, 6.07) is 3.49. The van der Waals surface area contributed by atoms with Gasteiger partial charge in [-0.15, -0.1) is 0 Å². The molecule has 0 fully saturated rings. The maximum Gasteiger partial charge on any atom is 0.304 e. The highest BCUT2D eigenvalue weighted by molar-refractivity contribution is 7.99. The van der Waals surface area contributed by atoms with Gasteiger partial charge in [0.25, 0.3) is 0 Å². The maximum atomic E-state index is 12.5. The van der Waals surface area contributed by atoms with Crippen molar-refractivity contribution in [1.82, 2.24) is 0 Å². The molecule has 0 aliphatic rings. The first kappa shape index (κ1) is 24.8. The highest BCUT2D eigenvalue weighted by Gasteiger charge is 2.22. The van der Waals surface area contributed by atoms with E-state index in [1.54, 1.807) is 19.1 Å². The van der Waals surface area contributed by atoms with E-state index in [4.69, 9.17) is 33.4 Å². The van der Waals surface area contributed by atoms with Gasteiger partial charge in [-0.2, -0.15) is 11.8 Å². The minimum atomic E-state index is -0.824. The van der Waals surface area contributed by atoms with E-state index in [9.17, 15) is 14.4 Å². The maximum absolute atomic E-state index is 12.5. The summed E-state index contributed by atoms with van der Waals surface area (Å²) in [5.41, 5.74) is 1.28. The average molecular weight is 423 g/mol. The number of aryl methyl sites for hydroxylation is 1. The topological polar surface area (TPSA) is 91.7 Å². The first-order valence-electron chi connectivity index (χ1n) is 8.15. The molecule has 0 aliphatic heterocycles. The number of hydrogen-bond donors (Lipinski definition) is 2. The Kier molecular flexibility index (Phi) is 12.4. The Hall–Kier alpha value is -1.24. The number of carbonyl (C=O) groups is 3. The van der Waals surface area contributed by atoms with E-state index < -0.39 is 11.9 Å². The molecule has 1 aromatic rings. The molecule has 0 aromatic heterocycles. The number of carbonyl (C=O) groups excluding carboxylic acids is 1. The van der Waals surface area contributed by atoms with Crippen LogP contribution in [0.4, 0.5) is 0 Å². The first-order chi connectivity index (χ1) is 12.1. The molecule has 0 bridgehead atoms. The van der Waals surface area contributed by atoms with Crippen molar-refractivity contribution in [1.29, 1.82) is 0 Å². The van der Waals surface area contributed by atoms with Crippen LogP contribution >= 0.6 is 35.0 Å². The van der Waals surface area contributed by atoms with Crippen LogP contribution in [0.2, 0.25) is 10.0 Å². The van der Waals surface area contributed by atoms with Crippen LogP contribution in [0.25, 0.3) is 0 Å². The summed E-state index contributed by atoms with van der Waals surface area (Å²) in [5, 5.41) is 17.0. The van der Waals surface area contributed by atoms with Gasteiger partial charge in [0.1, 0.15) is 0 Å². The summed E-state index contributed by atoms with van der Waals surface area (Å²) in [6.07, 6.45) is 1.01. The third-order valence-corrected chi connectivity index (χ3v) is 5.59. The minimum absolute atomic E-state index is 0.0350. The Morgan fingerprint density at radius 2 is 1.65 bits per heavy atom. The molecular weight excluding hydrogens is 399 g/mol. The monoisotopic (exact) mass is 422 g/mol. The van der Waals surface area contributed by atoms with Crippen LogP contribution in [0.3, 0.4) is 0 Å². The van der Waals surface area contributed by atoms with Gasteiger partial charge in [-0.25, -0.2) is 0 Å². The first-order valence-corrected chi connectivity index (χ1v) is 10.1. The van der Waals surface area contributed by atoms with Gasteiger partial charge < -0.3 is 10.2 Å². The summed E-state index contributed by atoms with van der Waals surface area (Å²) in [4.78, 5) is 32.4. The van der Waals surface area contributed by atoms with E-state index >= 15 is 0 Å². The molecule has 1 aromatic carbocycles. The van der Waals surface area contributed by atoms with Crippen molar-refractivity contribution < 1.29 is 24.6 Å². The highest BCUT2D eigenvalue weighted by atomic mass is 35.5. The number of halogens is 2. The second-order valence-corrected chi connectivity index (χ2v) is 7.40. The molecule has 26 heavy (non-hydrogen) atoms. The lowest BCUT2D eigenvalue weighted by atomic mass is 9.96. The van der Waals surface area contributed by atoms with Crippen LogP contribution < -0.4 is 0 Å². The van der Waals surface area contributed by atoms with E-state index in [1.807, 2.05) is 13.8 Å². The predicted octanol–water partition coefficient (Wildman–Crippen LogP) is 5.20. The number of carboxylic acids is 2. The number of aliphatic carboxylic acids is 2. The lowest BCUT2D eigenvalue weighted by Gasteiger charge is -2.15. The molecule has 0 saturated carbocycles. The van der Waals surface area contributed by atoms with Gasteiger partial charge >= 0.3 is 11.9 Å². The lowest BCUT2D eigenvalue weighted by molar-refractivity contribution is -0.137. The van der Waals surface area contributed by atoms with Gasteiger partial charge in [0, 0.05) is 29.4 Å². The number of carboxylic acid groups (broad SMARTS) is 2. The predicted molar refractivity (Wildman–Crippen MR) is 107 cm³/mol. The molecule has 1 rings (SSSR count). The molecule has 1 atom stereocenters. The SMILES string of the molecule is CCC(=O)O.CCC(CSCCC(=O)O)C(=O)c1ccc(C)c(Cl)c1Cl. The fraction of sp³-hybridized carbons (Fsp3) is 0.500. The van der Waals surface area contributed by atoms with E-state index in [0.29, 0.717) is 33.5 Å². The largest absolute Gasteiger partial charge is 0.481 e. The standard InChI is InChI=1S/C15H18Cl2O3S.C3H6O2/c1-3-10(8-21-7-6-12(18)19)15(20)11-5-4-9(2)13(16)14(11)17;1-2-3(4)5/h4-5,10H,3,6-8H2,1-2H3,(H,18,19);2H2,1H3,(H,4,5). The van der Waals surface area contributed by atoms with E-state index in [-0.39, 0.29) is 24.5 Å². The summed E-state index contributed by atoms with van der Waals surface area (Å²) in [7, 11) is 0. The summed E-state index contributed by atoms with van der Waals surface area (Å²) < 4.78 is 0. The Morgan fingerprint density at radius 3 is 2.12 bits per heavy atom. The Balaban J connectivity index is 0.00000110. The third kappa shape index (κ3) is 8.92. The molecule has 0 radical (unpaired) electrons. The second kappa shape index (κ2) is 13.0. The van der Waals surface area contributed by atoms with Gasteiger partial charge in [-0.1, -0.05) is 43.1 Å². The molecule has 1 unspecified atom stereocenters. The Labute approximate surface area is 168 Å². The zero-order chi connectivity index (χ0) is 20.3. The van der Waals surface area contributed by atoms with Gasteiger partial charge in [-0.3, -0.25) is 14.4 Å². The highest BCUT2D eigenvalue weighted by Crippen LogP contribution is 2.31. The zero-order valence-corrected chi connectivity index (χ0v) is 17.4. The Morgan fingerprint density at radius 1 is 1.08 bits per heavy atom. The van der Waals surface area contributed by atoms with Crippen LogP contribution in [0.5, 0.6) is 0 Å². The quantitative estimate of drug-likeness (QED) is 0.419. The summed E-state index contributed by atoms with van der Waals surface area (Å²) >= 11 is 13.7. The molecule has 0 aliphatic carbocycles. The van der Waals surface area contributed by atoms with Crippen LogP contribution in [0.15, 0.2) is 12.1 Å². The minimum Gasteiger partial charge on any atom is -0.481 e. The lowest BCUT2D eigenvalue weighted by Crippen LogP contribution is -2.17. The fourth-order valence-corrected chi connectivity index (χ4v) is 3.45. The average Bonchev–Trinajstić information content (AvgIpc) is 2.59. The molecule has 0 saturated heterocycles. The van der Waals surface area contributed by atoms with E-state index in [0.717, 1.165) is 5.56 Å². The van der Waals surface area contributed by atoms with Crippen molar-refractivity contribution in [3.8, 4) is 0 Å². The van der Waals surface area contributed by atoms with Crippen molar-refractivity contribution >= 4 is 52.7 Å². The van der Waals surface area contributed by atoms with Gasteiger partial charge in [-0.05, 0) is 25.0 Å². The second-order valence-electron chi connectivity index (χ2n) is 5.49. The number of rotatable bonds is 9. The number of ketones is 1. The zero-order valence-electron chi connectivity index (χ0n) is 15.1. The van der Waals surface area contributed by atoms with Crippen molar-refractivity contribution in [3.05, 3.63) is 33.3 Å². The molecule has 146 valence electrons. The van der Waals surface area contributed by atoms with Crippen LogP contribution in [-0.4, -0.2) is 39.4 Å². The summed E-state index contributed by atoms with van der Waals surface area (Å²) in [5.74, 6) is -0.695. The van der Waals surface area contributed by atoms with Crippen molar-refractivity contribution in [2.24, 2.45) is 5.92 Å². The van der Waals surface area contributed by atoms with Crippen LogP contribution in [0.1, 0.15) is 49.0 Å². The smallest absolute Gasteiger partial charge is 0.304 e. The fourth-order valence-electron chi connectivity index (χ4n) is 1.82. The molecule has 0 heterocycles. The molecule has 5 nitrogen and oxygen atoms in total. The summed E-state index contributed by atoms with van der Waals surface area (Å²) in [6.45, 7) is 5.37. The van der Waals surface area contributed by atoms with Crippen molar-refractivity contribution in [2.45, 2.75) is 40.0 Å².